The van der Waals surface area contributed by atoms with Gasteiger partial charge in [-0.25, -0.2) is 0 Å². The van der Waals surface area contributed by atoms with Crippen LogP contribution in [0.15, 0.2) is 0 Å². The molecule has 0 aliphatic heterocycles. The minimum Gasteiger partial charge on any atom is -0.120 e. The molecule has 0 radical (unpaired) electrons. The molecule has 0 unspecified atom stereocenters. The van der Waals surface area contributed by atoms with Crippen molar-refractivity contribution in [1.29, 1.82) is 0 Å². The van der Waals surface area contributed by atoms with E-state index in [1.807, 2.05) is 13.8 Å². The van der Waals surface area contributed by atoms with Crippen molar-refractivity contribution in [1.82, 2.24) is 0 Å². The molecule has 0 spiro atoms. The summed E-state index contributed by atoms with van der Waals surface area (Å²) >= 11 is 0. The van der Waals surface area contributed by atoms with Gasteiger partial charge in [0.25, 0.3) is 0 Å². The van der Waals surface area contributed by atoms with Gasteiger partial charge in [0.15, 0.2) is 0 Å². The van der Waals surface area contributed by atoms with E-state index >= 15 is 0 Å². The molecule has 0 aromatic rings. The topological polar surface area (TPSA) is 0 Å². The van der Waals surface area contributed by atoms with E-state index in [2.05, 4.69) is 11.8 Å². The molecule has 0 amide bonds. The molecule has 9 heavy (non-hydrogen) atoms. The van der Waals surface area contributed by atoms with Crippen molar-refractivity contribution in [3.63, 3.8) is 0 Å². The lowest BCUT2D eigenvalue weighted by Gasteiger charge is -2.14. The fourth-order valence-corrected chi connectivity index (χ4v) is 0.457. The van der Waals surface area contributed by atoms with E-state index in [4.69, 9.17) is 12.8 Å². The largest absolute Gasteiger partial charge is 0.120 e. The van der Waals surface area contributed by atoms with Crippen LogP contribution in [-0.2, 0) is 0 Å². The molecular weight excluding hydrogens is 108 g/mol. The van der Waals surface area contributed by atoms with Crippen molar-refractivity contribution in [3.05, 3.63) is 0 Å². The van der Waals surface area contributed by atoms with Gasteiger partial charge in [-0.3, -0.25) is 0 Å². The van der Waals surface area contributed by atoms with Crippen molar-refractivity contribution >= 4 is 0 Å². The Labute approximate surface area is 57.7 Å². The molecule has 0 aromatic heterocycles. The molecule has 0 atom stereocenters. The third-order valence-corrected chi connectivity index (χ3v) is 1.29. The fraction of sp³-hybridized carbons (Fsp3) is 0.556. The molecular formula is C9H12. The second-order valence-electron chi connectivity index (χ2n) is 2.73. The predicted octanol–water partition coefficient (Wildman–Crippen LogP) is 2.06. The minimum absolute atomic E-state index is 0.0215. The Kier molecular flexibility index (Phi) is 2.89. The third-order valence-electron chi connectivity index (χ3n) is 1.29. The number of rotatable bonds is 2. The monoisotopic (exact) mass is 120 g/mol. The van der Waals surface area contributed by atoms with Gasteiger partial charge in [0.1, 0.15) is 0 Å². The molecule has 0 nitrogen and oxygen atoms in total. The number of hydrogen-bond acceptors (Lipinski definition) is 0. The summed E-state index contributed by atoms with van der Waals surface area (Å²) < 4.78 is 0. The zero-order valence-corrected chi connectivity index (χ0v) is 6.07. The van der Waals surface area contributed by atoms with Crippen LogP contribution in [0.1, 0.15) is 26.7 Å². The molecule has 0 rings (SSSR count). The molecule has 0 aromatic carbocycles. The fourth-order valence-electron chi connectivity index (χ4n) is 0.457. The van der Waals surface area contributed by atoms with Gasteiger partial charge < -0.3 is 0 Å². The van der Waals surface area contributed by atoms with Crippen molar-refractivity contribution < 1.29 is 0 Å². The van der Waals surface area contributed by atoms with E-state index in [1.54, 1.807) is 0 Å². The summed E-state index contributed by atoms with van der Waals surface area (Å²) in [7, 11) is 0. The highest BCUT2D eigenvalue weighted by molar-refractivity contribution is 5.02. The SMILES string of the molecule is C#CCCC(C)(C)C#C. The summed E-state index contributed by atoms with van der Waals surface area (Å²) in [6.07, 6.45) is 12.0. The van der Waals surface area contributed by atoms with Gasteiger partial charge in [-0.1, -0.05) is 0 Å². The standard InChI is InChI=1S/C9H12/c1-5-7-8-9(3,4)6-2/h1-2H,7-8H2,3-4H3. The Hall–Kier alpha value is -0.880. The second kappa shape index (κ2) is 3.21. The molecule has 0 aliphatic rings. The first-order valence-electron chi connectivity index (χ1n) is 3.03. The van der Waals surface area contributed by atoms with E-state index in [1.165, 1.54) is 0 Å². The Bertz CT molecular complexity index is 150. The maximum absolute atomic E-state index is 5.23. The summed E-state index contributed by atoms with van der Waals surface area (Å²) in [5.74, 6) is 5.24. The first-order valence-corrected chi connectivity index (χ1v) is 3.03. The first-order chi connectivity index (χ1) is 4.12. The summed E-state index contributed by atoms with van der Waals surface area (Å²) in [4.78, 5) is 0. The van der Waals surface area contributed by atoms with Crippen LogP contribution in [0.3, 0.4) is 0 Å². The van der Waals surface area contributed by atoms with Crippen LogP contribution in [0.4, 0.5) is 0 Å². The second-order valence-corrected chi connectivity index (χ2v) is 2.73. The van der Waals surface area contributed by atoms with E-state index in [-0.39, 0.29) is 5.41 Å². The average Bonchev–Trinajstić information content (AvgIpc) is 1.84. The number of hydrogen-bond donors (Lipinski definition) is 0. The molecule has 48 valence electrons. The van der Waals surface area contributed by atoms with Crippen LogP contribution in [0.5, 0.6) is 0 Å². The van der Waals surface area contributed by atoms with Crippen LogP contribution < -0.4 is 0 Å². The summed E-state index contributed by atoms with van der Waals surface area (Å²) in [6, 6.07) is 0. The van der Waals surface area contributed by atoms with Crippen LogP contribution in [0, 0.1) is 30.1 Å². The molecule has 0 bridgehead atoms. The van der Waals surface area contributed by atoms with E-state index in [0.717, 1.165) is 12.8 Å². The lowest BCUT2D eigenvalue weighted by molar-refractivity contribution is 0.467. The van der Waals surface area contributed by atoms with Crippen molar-refractivity contribution in [2.75, 3.05) is 0 Å². The van der Waals surface area contributed by atoms with E-state index < -0.39 is 0 Å². The zero-order chi connectivity index (χ0) is 7.33. The Morgan fingerprint density at radius 3 is 2.22 bits per heavy atom. The molecule has 0 fully saturated rings. The third kappa shape index (κ3) is 3.68. The predicted molar refractivity (Wildman–Crippen MR) is 40.7 cm³/mol. The van der Waals surface area contributed by atoms with Crippen molar-refractivity contribution in [3.8, 4) is 24.7 Å². The first kappa shape index (κ1) is 8.12. The quantitative estimate of drug-likeness (QED) is 0.489. The highest BCUT2D eigenvalue weighted by atomic mass is 14.1. The van der Waals surface area contributed by atoms with Crippen molar-refractivity contribution in [2.24, 2.45) is 5.41 Å². The maximum atomic E-state index is 5.23. The van der Waals surface area contributed by atoms with Crippen molar-refractivity contribution in [2.45, 2.75) is 26.7 Å². The minimum atomic E-state index is -0.0215. The molecule has 0 N–H and O–H groups in total. The summed E-state index contributed by atoms with van der Waals surface area (Å²) in [5.41, 5.74) is -0.0215. The van der Waals surface area contributed by atoms with Gasteiger partial charge in [-0.15, -0.1) is 24.7 Å². The lowest BCUT2D eigenvalue weighted by Crippen LogP contribution is -2.06. The highest BCUT2D eigenvalue weighted by Gasteiger charge is 2.11. The Morgan fingerprint density at radius 1 is 1.33 bits per heavy atom. The molecule has 0 saturated heterocycles. The Balaban J connectivity index is 3.65. The van der Waals surface area contributed by atoms with Crippen LogP contribution in [0.25, 0.3) is 0 Å². The smallest absolute Gasteiger partial charge is 0.0264 e. The van der Waals surface area contributed by atoms with Crippen LogP contribution in [0.2, 0.25) is 0 Å². The van der Waals surface area contributed by atoms with Crippen LogP contribution >= 0.6 is 0 Å². The maximum Gasteiger partial charge on any atom is 0.0264 e. The lowest BCUT2D eigenvalue weighted by atomic mass is 9.89. The van der Waals surface area contributed by atoms with E-state index in [0.29, 0.717) is 0 Å². The van der Waals surface area contributed by atoms with Gasteiger partial charge in [-0.2, -0.15) is 0 Å². The van der Waals surface area contributed by atoms with E-state index in [9.17, 15) is 0 Å². The summed E-state index contributed by atoms with van der Waals surface area (Å²) in [6.45, 7) is 4.04. The normalized spacial score (nSPS) is 9.78. The van der Waals surface area contributed by atoms with Gasteiger partial charge >= 0.3 is 0 Å². The van der Waals surface area contributed by atoms with Crippen LogP contribution in [-0.4, -0.2) is 0 Å². The molecule has 0 heteroatoms. The molecule has 0 heterocycles. The molecule has 0 saturated carbocycles. The van der Waals surface area contributed by atoms with Gasteiger partial charge in [-0.05, 0) is 20.3 Å². The van der Waals surface area contributed by atoms with Gasteiger partial charge in [0.05, 0.1) is 0 Å². The zero-order valence-electron chi connectivity index (χ0n) is 6.07. The average molecular weight is 120 g/mol. The van der Waals surface area contributed by atoms with Gasteiger partial charge in [0, 0.05) is 11.8 Å². The molecule has 0 aliphatic carbocycles. The van der Waals surface area contributed by atoms with Gasteiger partial charge in [0.2, 0.25) is 0 Å². The summed E-state index contributed by atoms with van der Waals surface area (Å²) in [5, 5.41) is 0. The Morgan fingerprint density at radius 2 is 1.89 bits per heavy atom. The highest BCUT2D eigenvalue weighted by Crippen LogP contribution is 2.19. The number of terminal acetylenes is 2.